The van der Waals surface area contributed by atoms with Gasteiger partial charge in [-0.25, -0.2) is 9.97 Å². The molecule has 0 aliphatic heterocycles. The average molecular weight is 260 g/mol. The van der Waals surface area contributed by atoms with Crippen LogP contribution in [0, 0.1) is 6.92 Å². The first-order chi connectivity index (χ1) is 8.72. The Balaban J connectivity index is 1.66. The van der Waals surface area contributed by atoms with Crippen LogP contribution in [0.4, 0.5) is 5.82 Å². The van der Waals surface area contributed by atoms with Crippen LogP contribution in [-0.2, 0) is 6.42 Å². The largest absolute Gasteiger partial charge is 0.369 e. The Bertz CT molecular complexity index is 563. The number of hydrogen-bond acceptors (Lipinski definition) is 3. The summed E-state index contributed by atoms with van der Waals surface area (Å²) in [6.45, 7) is 2.74. The van der Waals surface area contributed by atoms with Gasteiger partial charge >= 0.3 is 0 Å². The predicted octanol–water partition coefficient (Wildman–Crippen LogP) is 3.19. The number of hydrogen-bond donors (Lipinski definition) is 1. The van der Waals surface area contributed by atoms with Crippen molar-refractivity contribution in [2.24, 2.45) is 0 Å². The third-order valence-electron chi connectivity index (χ3n) is 3.30. The molecule has 0 amide bonds. The van der Waals surface area contributed by atoms with Gasteiger partial charge in [0, 0.05) is 18.5 Å². The summed E-state index contributed by atoms with van der Waals surface area (Å²) in [7, 11) is 0. The zero-order valence-corrected chi connectivity index (χ0v) is 10.9. The van der Waals surface area contributed by atoms with E-state index in [4.69, 9.17) is 11.6 Å². The Morgan fingerprint density at radius 1 is 1.33 bits per heavy atom. The lowest BCUT2D eigenvalue weighted by Crippen LogP contribution is -2.24. The van der Waals surface area contributed by atoms with Crippen LogP contribution in [-0.4, -0.2) is 16.5 Å². The predicted molar refractivity (Wildman–Crippen MR) is 73.2 cm³/mol. The van der Waals surface area contributed by atoms with Crippen molar-refractivity contribution >= 4 is 17.4 Å². The Hall–Kier alpha value is -1.61. The summed E-state index contributed by atoms with van der Waals surface area (Å²) >= 11 is 5.90. The van der Waals surface area contributed by atoms with Gasteiger partial charge in [0.2, 0.25) is 0 Å². The number of nitrogens with zero attached hydrogens (tertiary/aromatic N) is 2. The normalized spacial score (nSPS) is 16.9. The maximum atomic E-state index is 5.90. The molecule has 1 heterocycles. The number of rotatable bonds is 3. The van der Waals surface area contributed by atoms with Crippen LogP contribution in [0.2, 0.25) is 5.15 Å². The molecule has 1 aromatic carbocycles. The van der Waals surface area contributed by atoms with Gasteiger partial charge in [0.15, 0.2) is 0 Å². The molecule has 1 aromatic heterocycles. The quantitative estimate of drug-likeness (QED) is 0.861. The first-order valence-corrected chi connectivity index (χ1v) is 6.43. The van der Waals surface area contributed by atoms with Crippen LogP contribution in [0.5, 0.6) is 0 Å². The Morgan fingerprint density at radius 2 is 2.17 bits per heavy atom. The van der Waals surface area contributed by atoms with Gasteiger partial charge in [0.1, 0.15) is 16.8 Å². The maximum Gasteiger partial charge on any atom is 0.134 e. The molecular weight excluding hydrogens is 246 g/mol. The van der Waals surface area contributed by atoms with E-state index < -0.39 is 0 Å². The molecule has 3 nitrogen and oxygen atoms in total. The molecule has 3 rings (SSSR count). The van der Waals surface area contributed by atoms with Gasteiger partial charge in [-0.3, -0.25) is 0 Å². The second-order valence-electron chi connectivity index (χ2n) is 4.60. The molecule has 4 heteroatoms. The van der Waals surface area contributed by atoms with Gasteiger partial charge in [-0.05, 0) is 24.5 Å². The van der Waals surface area contributed by atoms with Crippen LogP contribution in [0.3, 0.4) is 0 Å². The highest BCUT2D eigenvalue weighted by atomic mass is 35.5. The third kappa shape index (κ3) is 2.18. The summed E-state index contributed by atoms with van der Waals surface area (Å²) in [6.07, 6.45) is 1.14. The minimum absolute atomic E-state index is 0.485. The summed E-state index contributed by atoms with van der Waals surface area (Å²) < 4.78 is 0. The number of anilines is 1. The highest BCUT2D eigenvalue weighted by Gasteiger charge is 2.24. The minimum Gasteiger partial charge on any atom is -0.369 e. The van der Waals surface area contributed by atoms with Crippen molar-refractivity contribution < 1.29 is 0 Å². The van der Waals surface area contributed by atoms with Crippen molar-refractivity contribution in [2.75, 3.05) is 11.9 Å². The summed E-state index contributed by atoms with van der Waals surface area (Å²) in [5.74, 6) is 2.08. The number of halogens is 1. The minimum atomic E-state index is 0.485. The van der Waals surface area contributed by atoms with Crippen LogP contribution < -0.4 is 5.32 Å². The van der Waals surface area contributed by atoms with E-state index in [1.807, 2.05) is 6.92 Å². The monoisotopic (exact) mass is 259 g/mol. The van der Waals surface area contributed by atoms with E-state index in [2.05, 4.69) is 39.6 Å². The SMILES string of the molecule is Cc1nc(Cl)cc(NCC2Cc3ccccc32)n1. The first kappa shape index (κ1) is 11.5. The van der Waals surface area contributed by atoms with Crippen molar-refractivity contribution in [1.82, 2.24) is 9.97 Å². The fraction of sp³-hybridized carbons (Fsp3) is 0.286. The second-order valence-corrected chi connectivity index (χ2v) is 4.99. The molecule has 0 saturated carbocycles. The van der Waals surface area contributed by atoms with E-state index in [9.17, 15) is 0 Å². The molecular formula is C14H14ClN3. The van der Waals surface area contributed by atoms with Crippen LogP contribution in [0.15, 0.2) is 30.3 Å². The fourth-order valence-corrected chi connectivity index (χ4v) is 2.62. The van der Waals surface area contributed by atoms with Crippen molar-refractivity contribution in [1.29, 1.82) is 0 Å². The third-order valence-corrected chi connectivity index (χ3v) is 3.49. The highest BCUT2D eigenvalue weighted by molar-refractivity contribution is 6.29. The first-order valence-electron chi connectivity index (χ1n) is 6.05. The summed E-state index contributed by atoms with van der Waals surface area (Å²) in [5.41, 5.74) is 2.91. The maximum absolute atomic E-state index is 5.90. The lowest BCUT2D eigenvalue weighted by Gasteiger charge is -2.30. The molecule has 2 aromatic rings. The fourth-order valence-electron chi connectivity index (χ4n) is 2.39. The average Bonchev–Trinajstić information content (AvgIpc) is 2.29. The van der Waals surface area contributed by atoms with Crippen LogP contribution in [0.1, 0.15) is 22.9 Å². The molecule has 0 fully saturated rings. The van der Waals surface area contributed by atoms with E-state index in [1.54, 1.807) is 6.07 Å². The Kier molecular flexibility index (Phi) is 2.92. The second kappa shape index (κ2) is 4.58. The Labute approximate surface area is 111 Å². The topological polar surface area (TPSA) is 37.8 Å². The van der Waals surface area contributed by atoms with E-state index in [0.29, 0.717) is 16.9 Å². The molecule has 0 radical (unpaired) electrons. The molecule has 1 N–H and O–H groups in total. The molecule has 92 valence electrons. The molecule has 0 bridgehead atoms. The van der Waals surface area contributed by atoms with Crippen molar-refractivity contribution in [3.05, 3.63) is 52.4 Å². The Morgan fingerprint density at radius 3 is 2.94 bits per heavy atom. The van der Waals surface area contributed by atoms with Gasteiger partial charge in [0.25, 0.3) is 0 Å². The number of fused-ring (bicyclic) bond motifs is 1. The van der Waals surface area contributed by atoms with E-state index in [-0.39, 0.29) is 0 Å². The zero-order valence-electron chi connectivity index (χ0n) is 10.2. The molecule has 1 atom stereocenters. The number of aryl methyl sites for hydroxylation is 1. The zero-order chi connectivity index (χ0) is 12.5. The smallest absolute Gasteiger partial charge is 0.134 e. The number of aromatic nitrogens is 2. The summed E-state index contributed by atoms with van der Waals surface area (Å²) in [5, 5.41) is 3.82. The van der Waals surface area contributed by atoms with Gasteiger partial charge in [-0.1, -0.05) is 35.9 Å². The molecule has 0 spiro atoms. The standard InChI is InChI=1S/C14H14ClN3/c1-9-17-13(15)7-14(18-9)16-8-11-6-10-4-2-3-5-12(10)11/h2-5,7,11H,6,8H2,1H3,(H,16,17,18). The van der Waals surface area contributed by atoms with E-state index >= 15 is 0 Å². The van der Waals surface area contributed by atoms with Gasteiger partial charge < -0.3 is 5.32 Å². The van der Waals surface area contributed by atoms with Crippen molar-refractivity contribution in [2.45, 2.75) is 19.3 Å². The van der Waals surface area contributed by atoms with Crippen molar-refractivity contribution in [3.63, 3.8) is 0 Å². The van der Waals surface area contributed by atoms with Crippen LogP contribution in [0.25, 0.3) is 0 Å². The van der Waals surface area contributed by atoms with Crippen molar-refractivity contribution in [3.8, 4) is 0 Å². The lowest BCUT2D eigenvalue weighted by molar-refractivity contribution is 0.634. The van der Waals surface area contributed by atoms with Gasteiger partial charge in [-0.2, -0.15) is 0 Å². The highest BCUT2D eigenvalue weighted by Crippen LogP contribution is 2.34. The summed E-state index contributed by atoms with van der Waals surface area (Å²) in [4.78, 5) is 8.36. The van der Waals surface area contributed by atoms with Gasteiger partial charge in [0.05, 0.1) is 0 Å². The molecule has 1 unspecified atom stereocenters. The lowest BCUT2D eigenvalue weighted by atomic mass is 9.78. The number of benzene rings is 1. The van der Waals surface area contributed by atoms with E-state index in [0.717, 1.165) is 18.8 Å². The molecule has 1 aliphatic rings. The van der Waals surface area contributed by atoms with E-state index in [1.165, 1.54) is 11.1 Å². The molecule has 0 saturated heterocycles. The number of nitrogens with one attached hydrogen (secondary N) is 1. The molecule has 1 aliphatic carbocycles. The summed E-state index contributed by atoms with van der Waals surface area (Å²) in [6, 6.07) is 10.3. The van der Waals surface area contributed by atoms with Gasteiger partial charge in [-0.15, -0.1) is 0 Å². The van der Waals surface area contributed by atoms with Crippen LogP contribution >= 0.6 is 11.6 Å². The molecule has 18 heavy (non-hydrogen) atoms.